The third-order valence-corrected chi connectivity index (χ3v) is 5.38. The van der Waals surface area contributed by atoms with Gasteiger partial charge < -0.3 is 5.32 Å². The van der Waals surface area contributed by atoms with Crippen LogP contribution in [0, 0.1) is 6.92 Å². The topological polar surface area (TPSA) is 85.6 Å². The second kappa shape index (κ2) is 9.46. The van der Waals surface area contributed by atoms with Gasteiger partial charge in [0.1, 0.15) is 11.5 Å². The molecule has 7 nitrogen and oxygen atoms in total. The maximum Gasteiger partial charge on any atom is 0.231 e. The van der Waals surface area contributed by atoms with Gasteiger partial charge in [-0.3, -0.25) is 9.78 Å². The molecule has 166 valence electrons. The largest absolute Gasteiger partial charge is 0.310 e. The molecule has 7 heteroatoms. The van der Waals surface area contributed by atoms with E-state index in [4.69, 9.17) is 0 Å². The van der Waals surface area contributed by atoms with Crippen molar-refractivity contribution in [2.24, 2.45) is 0 Å². The van der Waals surface area contributed by atoms with E-state index in [0.717, 1.165) is 33.8 Å². The number of carbonyl (C=O) groups excluding carboxylic acids is 1. The number of amides is 1. The third-order valence-electron chi connectivity index (χ3n) is 5.38. The number of nitrogens with zero attached hydrogens (tertiary/aromatic N) is 5. The molecule has 3 aromatic heterocycles. The average molecular weight is 447 g/mol. The normalized spacial score (nSPS) is 10.7. The van der Waals surface area contributed by atoms with Crippen LogP contribution in [0.5, 0.6) is 0 Å². The standard InChI is InChI=1S/C27H22N6O/c1-19-16-23(14-15-28-19)33-27(21-10-6-3-7-11-21)24(31-32-33)17-26(34)30-25-13-12-22(18-29-25)20-8-4-2-5-9-20/h2-16,18H,17H2,1H3,(H,29,30,34). The van der Waals surface area contributed by atoms with E-state index in [2.05, 4.69) is 25.6 Å². The number of hydrogen-bond donors (Lipinski definition) is 1. The molecule has 0 radical (unpaired) electrons. The Morgan fingerprint density at radius 1 is 0.853 bits per heavy atom. The summed E-state index contributed by atoms with van der Waals surface area (Å²) in [6.45, 7) is 1.92. The summed E-state index contributed by atoms with van der Waals surface area (Å²) in [6.07, 6.45) is 3.55. The number of carbonyl (C=O) groups is 1. The van der Waals surface area contributed by atoms with E-state index >= 15 is 0 Å². The Kier molecular flexibility index (Phi) is 5.90. The quantitative estimate of drug-likeness (QED) is 0.402. The van der Waals surface area contributed by atoms with Crippen LogP contribution < -0.4 is 5.32 Å². The SMILES string of the molecule is Cc1cc(-n2nnc(CC(=O)Nc3ccc(-c4ccccc4)cn3)c2-c2ccccc2)ccn1. The molecule has 0 unspecified atom stereocenters. The van der Waals surface area contributed by atoms with Crippen molar-refractivity contribution in [1.82, 2.24) is 25.0 Å². The van der Waals surface area contributed by atoms with Gasteiger partial charge in [-0.15, -0.1) is 5.10 Å². The van der Waals surface area contributed by atoms with Crippen molar-refractivity contribution in [2.75, 3.05) is 5.32 Å². The summed E-state index contributed by atoms with van der Waals surface area (Å²) in [5, 5.41) is 11.6. The van der Waals surface area contributed by atoms with Crippen LogP contribution in [0.25, 0.3) is 28.1 Å². The summed E-state index contributed by atoms with van der Waals surface area (Å²) in [6, 6.07) is 27.3. The monoisotopic (exact) mass is 446 g/mol. The number of benzene rings is 2. The highest BCUT2D eigenvalue weighted by Crippen LogP contribution is 2.26. The number of hydrogen-bond acceptors (Lipinski definition) is 5. The molecule has 5 aromatic rings. The van der Waals surface area contributed by atoms with Crippen molar-refractivity contribution in [3.05, 3.63) is 109 Å². The van der Waals surface area contributed by atoms with E-state index < -0.39 is 0 Å². The maximum absolute atomic E-state index is 12.9. The number of aromatic nitrogens is 5. The Bertz CT molecular complexity index is 1410. The van der Waals surface area contributed by atoms with Crippen LogP contribution in [0.4, 0.5) is 5.82 Å². The van der Waals surface area contributed by atoms with Gasteiger partial charge in [0, 0.05) is 29.2 Å². The first kappa shape index (κ1) is 21.2. The molecule has 0 saturated carbocycles. The fourth-order valence-electron chi connectivity index (χ4n) is 3.77. The molecule has 5 rings (SSSR count). The first-order valence-electron chi connectivity index (χ1n) is 10.9. The van der Waals surface area contributed by atoms with Crippen LogP contribution in [-0.4, -0.2) is 30.9 Å². The van der Waals surface area contributed by atoms with Gasteiger partial charge in [0.05, 0.1) is 17.8 Å². The Morgan fingerprint density at radius 2 is 1.59 bits per heavy atom. The van der Waals surface area contributed by atoms with E-state index in [1.165, 1.54) is 0 Å². The van der Waals surface area contributed by atoms with E-state index in [0.29, 0.717) is 11.5 Å². The summed E-state index contributed by atoms with van der Waals surface area (Å²) >= 11 is 0. The predicted molar refractivity (Wildman–Crippen MR) is 131 cm³/mol. The van der Waals surface area contributed by atoms with Gasteiger partial charge in [0.2, 0.25) is 5.91 Å². The van der Waals surface area contributed by atoms with Gasteiger partial charge in [-0.2, -0.15) is 0 Å². The fourth-order valence-corrected chi connectivity index (χ4v) is 3.77. The highest BCUT2D eigenvalue weighted by atomic mass is 16.1. The molecule has 3 heterocycles. The molecule has 0 saturated heterocycles. The molecule has 0 aliphatic carbocycles. The first-order chi connectivity index (χ1) is 16.7. The fraction of sp³-hybridized carbons (Fsp3) is 0.0741. The summed E-state index contributed by atoms with van der Waals surface area (Å²) in [7, 11) is 0. The Balaban J connectivity index is 1.39. The number of anilines is 1. The molecule has 0 spiro atoms. The highest BCUT2D eigenvalue weighted by molar-refractivity contribution is 5.92. The van der Waals surface area contributed by atoms with Crippen molar-refractivity contribution in [3.8, 4) is 28.1 Å². The van der Waals surface area contributed by atoms with Gasteiger partial charge >= 0.3 is 0 Å². The third kappa shape index (κ3) is 4.59. The summed E-state index contributed by atoms with van der Waals surface area (Å²) in [4.78, 5) is 21.5. The van der Waals surface area contributed by atoms with Gasteiger partial charge in [-0.25, -0.2) is 9.67 Å². The van der Waals surface area contributed by atoms with E-state index in [1.54, 1.807) is 23.1 Å². The molecule has 0 atom stereocenters. The van der Waals surface area contributed by atoms with Crippen molar-refractivity contribution in [1.29, 1.82) is 0 Å². The van der Waals surface area contributed by atoms with Crippen molar-refractivity contribution in [2.45, 2.75) is 13.3 Å². The lowest BCUT2D eigenvalue weighted by Gasteiger charge is -2.09. The minimum Gasteiger partial charge on any atom is -0.310 e. The second-order valence-electron chi connectivity index (χ2n) is 7.84. The van der Waals surface area contributed by atoms with Gasteiger partial charge in [-0.05, 0) is 36.8 Å². The van der Waals surface area contributed by atoms with Crippen LogP contribution in [0.3, 0.4) is 0 Å². The van der Waals surface area contributed by atoms with Crippen LogP contribution >= 0.6 is 0 Å². The Morgan fingerprint density at radius 3 is 2.26 bits per heavy atom. The molecule has 0 bridgehead atoms. The first-order valence-corrected chi connectivity index (χ1v) is 10.9. The minimum absolute atomic E-state index is 0.0659. The summed E-state index contributed by atoms with van der Waals surface area (Å²) in [5.41, 5.74) is 6.05. The molecule has 0 aliphatic rings. The van der Waals surface area contributed by atoms with E-state index in [-0.39, 0.29) is 12.3 Å². The van der Waals surface area contributed by atoms with Crippen molar-refractivity contribution in [3.63, 3.8) is 0 Å². The second-order valence-corrected chi connectivity index (χ2v) is 7.84. The van der Waals surface area contributed by atoms with Crippen molar-refractivity contribution < 1.29 is 4.79 Å². The molecule has 2 aromatic carbocycles. The molecule has 1 amide bonds. The zero-order valence-electron chi connectivity index (χ0n) is 18.6. The lowest BCUT2D eigenvalue weighted by atomic mass is 10.1. The van der Waals surface area contributed by atoms with Gasteiger partial charge in [-0.1, -0.05) is 65.9 Å². The predicted octanol–water partition coefficient (Wildman–Crippen LogP) is 4.88. The minimum atomic E-state index is -0.213. The van der Waals surface area contributed by atoms with Crippen molar-refractivity contribution >= 4 is 11.7 Å². The van der Waals surface area contributed by atoms with Crippen LogP contribution in [-0.2, 0) is 11.2 Å². The van der Waals surface area contributed by atoms with Gasteiger partial charge in [0.15, 0.2) is 0 Å². The summed E-state index contributed by atoms with van der Waals surface area (Å²) in [5.74, 6) is 0.276. The zero-order chi connectivity index (χ0) is 23.3. The number of rotatable bonds is 6. The maximum atomic E-state index is 12.9. The zero-order valence-corrected chi connectivity index (χ0v) is 18.6. The average Bonchev–Trinajstić information content (AvgIpc) is 3.29. The molecule has 1 N–H and O–H groups in total. The summed E-state index contributed by atoms with van der Waals surface area (Å²) < 4.78 is 1.75. The molecule has 0 fully saturated rings. The Labute approximate surface area is 197 Å². The molecule has 34 heavy (non-hydrogen) atoms. The van der Waals surface area contributed by atoms with Crippen LogP contribution in [0.15, 0.2) is 97.3 Å². The Hall–Kier alpha value is -4.65. The lowest BCUT2D eigenvalue weighted by Crippen LogP contribution is -2.16. The van der Waals surface area contributed by atoms with E-state index in [1.807, 2.05) is 85.8 Å². The number of pyridine rings is 2. The molecular weight excluding hydrogens is 424 g/mol. The molecule has 0 aliphatic heterocycles. The van der Waals surface area contributed by atoms with Crippen LogP contribution in [0.2, 0.25) is 0 Å². The number of aryl methyl sites for hydroxylation is 1. The van der Waals surface area contributed by atoms with E-state index in [9.17, 15) is 4.79 Å². The highest BCUT2D eigenvalue weighted by Gasteiger charge is 2.19. The van der Waals surface area contributed by atoms with Crippen LogP contribution in [0.1, 0.15) is 11.4 Å². The van der Waals surface area contributed by atoms with Gasteiger partial charge in [0.25, 0.3) is 0 Å². The smallest absolute Gasteiger partial charge is 0.231 e. The lowest BCUT2D eigenvalue weighted by molar-refractivity contribution is -0.115. The molecular formula is C27H22N6O. The number of nitrogens with one attached hydrogen (secondary N) is 1.